The van der Waals surface area contributed by atoms with Gasteiger partial charge < -0.3 is 10.1 Å². The van der Waals surface area contributed by atoms with E-state index in [1.165, 1.54) is 7.05 Å². The smallest absolute Gasteiger partial charge is 0.240 e. The van der Waals surface area contributed by atoms with Crippen LogP contribution in [0.2, 0.25) is 0 Å². The topological polar surface area (TPSA) is 67.4 Å². The molecule has 1 aromatic rings. The van der Waals surface area contributed by atoms with Gasteiger partial charge in [0.2, 0.25) is 10.0 Å². The average Bonchev–Trinajstić information content (AvgIpc) is 2.48. The summed E-state index contributed by atoms with van der Waals surface area (Å²) in [5.41, 5.74) is 0.836. The monoisotopic (exact) mass is 298 g/mol. The van der Waals surface area contributed by atoms with Crippen LogP contribution >= 0.6 is 0 Å². The summed E-state index contributed by atoms with van der Waals surface area (Å²) >= 11 is 0. The molecule has 1 aromatic carbocycles. The molecule has 0 spiro atoms. The predicted molar refractivity (Wildman–Crippen MR) is 79.4 cm³/mol. The molecule has 1 aliphatic rings. The molecule has 0 saturated carbocycles. The van der Waals surface area contributed by atoms with Crippen LogP contribution in [-0.4, -0.2) is 34.2 Å². The van der Waals surface area contributed by atoms with Gasteiger partial charge in [0, 0.05) is 18.3 Å². The lowest BCUT2D eigenvalue weighted by atomic mass is 10.0. The average molecular weight is 298 g/mol. The molecule has 2 rings (SSSR count). The largest absolute Gasteiger partial charge is 0.382 e. The van der Waals surface area contributed by atoms with Crippen LogP contribution in [0.3, 0.4) is 0 Å². The van der Waals surface area contributed by atoms with E-state index in [4.69, 9.17) is 4.74 Å². The maximum Gasteiger partial charge on any atom is 0.240 e. The predicted octanol–water partition coefficient (Wildman–Crippen LogP) is 1.96. The summed E-state index contributed by atoms with van der Waals surface area (Å²) in [5.74, 6) is 0. The standard InChI is InChI=1S/C14H22N2O3S/c1-3-13-9-12(7-8-19-13)16-11-5-4-6-14(10-11)20(17,18)15-2/h4-6,10,12-13,15-16H,3,7-9H2,1-2H3. The minimum absolute atomic E-state index is 0.282. The van der Waals surface area contributed by atoms with Gasteiger partial charge in [0.15, 0.2) is 0 Å². The minimum Gasteiger partial charge on any atom is -0.382 e. The van der Waals surface area contributed by atoms with Crippen LogP contribution in [0, 0.1) is 0 Å². The molecule has 0 amide bonds. The second kappa shape index (κ2) is 6.56. The number of ether oxygens (including phenoxy) is 1. The Morgan fingerprint density at radius 2 is 2.20 bits per heavy atom. The Morgan fingerprint density at radius 3 is 2.90 bits per heavy atom. The summed E-state index contributed by atoms with van der Waals surface area (Å²) < 4.78 is 31.5. The third kappa shape index (κ3) is 3.71. The molecule has 0 radical (unpaired) electrons. The molecule has 20 heavy (non-hydrogen) atoms. The maximum absolute atomic E-state index is 11.8. The fourth-order valence-electron chi connectivity index (χ4n) is 2.40. The molecule has 1 aliphatic heterocycles. The normalized spacial score (nSPS) is 23.5. The van der Waals surface area contributed by atoms with Crippen LogP contribution < -0.4 is 10.0 Å². The molecule has 5 nitrogen and oxygen atoms in total. The third-order valence-electron chi connectivity index (χ3n) is 3.61. The lowest BCUT2D eigenvalue weighted by molar-refractivity contribution is 0.00925. The van der Waals surface area contributed by atoms with Crippen molar-refractivity contribution in [3.8, 4) is 0 Å². The molecule has 2 N–H and O–H groups in total. The van der Waals surface area contributed by atoms with Crippen molar-refractivity contribution >= 4 is 15.7 Å². The van der Waals surface area contributed by atoms with Crippen molar-refractivity contribution in [1.82, 2.24) is 4.72 Å². The van der Waals surface area contributed by atoms with Crippen molar-refractivity contribution in [3.05, 3.63) is 24.3 Å². The van der Waals surface area contributed by atoms with Gasteiger partial charge in [0.25, 0.3) is 0 Å². The van der Waals surface area contributed by atoms with E-state index in [0.717, 1.165) is 31.6 Å². The van der Waals surface area contributed by atoms with E-state index in [9.17, 15) is 8.42 Å². The number of anilines is 1. The zero-order valence-corrected chi connectivity index (χ0v) is 12.7. The highest BCUT2D eigenvalue weighted by molar-refractivity contribution is 7.89. The summed E-state index contributed by atoms with van der Waals surface area (Å²) in [5, 5.41) is 3.41. The van der Waals surface area contributed by atoms with Crippen molar-refractivity contribution in [2.45, 2.75) is 43.2 Å². The minimum atomic E-state index is -3.39. The van der Waals surface area contributed by atoms with Crippen molar-refractivity contribution in [2.75, 3.05) is 19.0 Å². The van der Waals surface area contributed by atoms with E-state index in [-0.39, 0.29) is 4.90 Å². The fraction of sp³-hybridized carbons (Fsp3) is 0.571. The van der Waals surface area contributed by atoms with Gasteiger partial charge in [-0.1, -0.05) is 13.0 Å². The van der Waals surface area contributed by atoms with Gasteiger partial charge in [-0.25, -0.2) is 13.1 Å². The van der Waals surface area contributed by atoms with E-state index in [1.807, 2.05) is 6.07 Å². The van der Waals surface area contributed by atoms with Crippen molar-refractivity contribution < 1.29 is 13.2 Å². The van der Waals surface area contributed by atoms with Crippen LogP contribution in [0.4, 0.5) is 5.69 Å². The molecule has 2 atom stereocenters. The van der Waals surface area contributed by atoms with Gasteiger partial charge in [-0.2, -0.15) is 0 Å². The zero-order valence-electron chi connectivity index (χ0n) is 11.9. The van der Waals surface area contributed by atoms with Gasteiger partial charge in [0.05, 0.1) is 11.0 Å². The Bertz CT molecular complexity index is 545. The molecule has 6 heteroatoms. The van der Waals surface area contributed by atoms with Crippen LogP contribution in [0.15, 0.2) is 29.2 Å². The first-order valence-corrected chi connectivity index (χ1v) is 8.45. The van der Waals surface area contributed by atoms with E-state index in [0.29, 0.717) is 12.1 Å². The number of benzene rings is 1. The summed E-state index contributed by atoms with van der Waals surface area (Å²) in [4.78, 5) is 0.282. The molecule has 0 bridgehead atoms. The Kier molecular flexibility index (Phi) is 5.01. The Labute approximate surface area is 120 Å². The van der Waals surface area contributed by atoms with Crippen LogP contribution in [0.25, 0.3) is 0 Å². The van der Waals surface area contributed by atoms with Crippen LogP contribution in [0.5, 0.6) is 0 Å². The highest BCUT2D eigenvalue weighted by Crippen LogP contribution is 2.22. The van der Waals surface area contributed by atoms with Crippen molar-refractivity contribution in [1.29, 1.82) is 0 Å². The van der Waals surface area contributed by atoms with Gasteiger partial charge >= 0.3 is 0 Å². The summed E-state index contributed by atoms with van der Waals surface area (Å²) in [6.45, 7) is 2.87. The first-order chi connectivity index (χ1) is 9.55. The number of sulfonamides is 1. The number of hydrogen-bond acceptors (Lipinski definition) is 4. The van der Waals surface area contributed by atoms with Crippen molar-refractivity contribution in [2.24, 2.45) is 0 Å². The van der Waals surface area contributed by atoms with E-state index < -0.39 is 10.0 Å². The Hall–Kier alpha value is -1.11. The van der Waals surface area contributed by atoms with Crippen LogP contribution in [-0.2, 0) is 14.8 Å². The Morgan fingerprint density at radius 1 is 1.40 bits per heavy atom. The summed E-state index contributed by atoms with van der Waals surface area (Å²) in [6, 6.07) is 7.24. The molecular formula is C14H22N2O3S. The second-order valence-electron chi connectivity index (χ2n) is 5.00. The van der Waals surface area contributed by atoms with Gasteiger partial charge in [-0.3, -0.25) is 0 Å². The van der Waals surface area contributed by atoms with Gasteiger partial charge in [-0.15, -0.1) is 0 Å². The van der Waals surface area contributed by atoms with Crippen molar-refractivity contribution in [3.63, 3.8) is 0 Å². The highest BCUT2D eigenvalue weighted by atomic mass is 32.2. The highest BCUT2D eigenvalue weighted by Gasteiger charge is 2.21. The first kappa shape index (κ1) is 15.3. The van der Waals surface area contributed by atoms with Gasteiger partial charge in [-0.05, 0) is 44.5 Å². The molecule has 112 valence electrons. The second-order valence-corrected chi connectivity index (χ2v) is 6.89. The van der Waals surface area contributed by atoms with E-state index in [1.54, 1.807) is 18.2 Å². The maximum atomic E-state index is 11.8. The van der Waals surface area contributed by atoms with Gasteiger partial charge in [0.1, 0.15) is 0 Å². The fourth-order valence-corrected chi connectivity index (χ4v) is 3.18. The summed E-state index contributed by atoms with van der Waals surface area (Å²) in [7, 11) is -1.98. The molecule has 2 unspecified atom stereocenters. The zero-order chi connectivity index (χ0) is 14.6. The lowest BCUT2D eigenvalue weighted by Gasteiger charge is -2.30. The summed E-state index contributed by atoms with van der Waals surface area (Å²) in [6.07, 6.45) is 3.20. The molecule has 0 aliphatic carbocycles. The number of hydrogen-bond donors (Lipinski definition) is 2. The lowest BCUT2D eigenvalue weighted by Crippen LogP contribution is -2.33. The van der Waals surface area contributed by atoms with E-state index in [2.05, 4.69) is 17.0 Å². The quantitative estimate of drug-likeness (QED) is 0.872. The molecule has 0 aromatic heterocycles. The number of rotatable bonds is 5. The molecular weight excluding hydrogens is 276 g/mol. The Balaban J connectivity index is 2.08. The molecule has 1 heterocycles. The number of nitrogens with one attached hydrogen (secondary N) is 2. The van der Waals surface area contributed by atoms with E-state index >= 15 is 0 Å². The molecule has 1 fully saturated rings. The van der Waals surface area contributed by atoms with Crippen LogP contribution in [0.1, 0.15) is 26.2 Å². The molecule has 1 saturated heterocycles. The SMILES string of the molecule is CCC1CC(Nc2cccc(S(=O)(=O)NC)c2)CCO1. The first-order valence-electron chi connectivity index (χ1n) is 6.97. The third-order valence-corrected chi connectivity index (χ3v) is 5.02.